The smallest absolute Gasteiger partial charge is 0.259 e. The van der Waals surface area contributed by atoms with Crippen LogP contribution in [-0.4, -0.2) is 30.9 Å². The fourth-order valence-corrected chi connectivity index (χ4v) is 3.24. The summed E-state index contributed by atoms with van der Waals surface area (Å²) in [5.74, 6) is -0.0298. The summed E-state index contributed by atoms with van der Waals surface area (Å²) in [5.41, 5.74) is 0.823. The summed E-state index contributed by atoms with van der Waals surface area (Å²) in [4.78, 5) is 20.0. The Morgan fingerprint density at radius 3 is 2.39 bits per heavy atom. The molecule has 1 N–H and O–H groups in total. The molecule has 0 bridgehead atoms. The molecule has 1 amide bonds. The Balaban J connectivity index is 1.73. The minimum Gasteiger partial charge on any atom is -0.493 e. The average molecular weight is 397 g/mol. The van der Waals surface area contributed by atoms with Crippen LogP contribution in [0.2, 0.25) is 0 Å². The first-order valence-corrected chi connectivity index (χ1v) is 9.82. The van der Waals surface area contributed by atoms with E-state index >= 15 is 0 Å². The molecule has 0 radical (unpaired) electrons. The Kier molecular flexibility index (Phi) is 5.85. The zero-order valence-electron chi connectivity index (χ0n) is 14.9. The molecular formula is C19H17N4O4S-. The van der Waals surface area contributed by atoms with Gasteiger partial charge in [0, 0.05) is 11.6 Å². The summed E-state index contributed by atoms with van der Waals surface area (Å²) in [5, 5.41) is 2.72. The monoisotopic (exact) mass is 397 g/mol. The highest BCUT2D eigenvalue weighted by atomic mass is 32.2. The van der Waals surface area contributed by atoms with Gasteiger partial charge in [-0.15, -0.1) is 0 Å². The van der Waals surface area contributed by atoms with Crippen LogP contribution in [0, 0.1) is 0 Å². The molecule has 0 aliphatic carbocycles. The van der Waals surface area contributed by atoms with Crippen molar-refractivity contribution in [2.24, 2.45) is 0 Å². The number of benzene rings is 2. The van der Waals surface area contributed by atoms with Crippen LogP contribution in [0.1, 0.15) is 17.3 Å². The first-order chi connectivity index (χ1) is 13.5. The first-order valence-electron chi connectivity index (χ1n) is 8.38. The van der Waals surface area contributed by atoms with Crippen molar-refractivity contribution in [2.75, 3.05) is 11.9 Å². The lowest BCUT2D eigenvalue weighted by Gasteiger charge is -2.13. The lowest BCUT2D eigenvalue weighted by atomic mass is 10.2. The van der Waals surface area contributed by atoms with Crippen LogP contribution in [-0.2, 0) is 10.0 Å². The number of ether oxygens (including phenoxy) is 1. The molecular weight excluding hydrogens is 380 g/mol. The van der Waals surface area contributed by atoms with Crippen molar-refractivity contribution in [1.29, 1.82) is 0 Å². The van der Waals surface area contributed by atoms with Crippen LogP contribution in [0.3, 0.4) is 0 Å². The van der Waals surface area contributed by atoms with Crippen LogP contribution >= 0.6 is 0 Å². The predicted octanol–water partition coefficient (Wildman–Crippen LogP) is 3.52. The Morgan fingerprint density at radius 1 is 1.04 bits per heavy atom. The van der Waals surface area contributed by atoms with Gasteiger partial charge in [0.15, 0.2) is 0 Å². The highest BCUT2D eigenvalue weighted by Gasteiger charge is 2.14. The number of amides is 1. The van der Waals surface area contributed by atoms with Gasteiger partial charge in [0.2, 0.25) is 10.0 Å². The van der Waals surface area contributed by atoms with Crippen molar-refractivity contribution in [1.82, 2.24) is 9.97 Å². The molecule has 0 aliphatic heterocycles. The van der Waals surface area contributed by atoms with Gasteiger partial charge >= 0.3 is 0 Å². The van der Waals surface area contributed by atoms with Crippen LogP contribution in [0.15, 0.2) is 71.9 Å². The molecule has 2 aromatic carbocycles. The number of rotatable bonds is 7. The number of carbonyl (C=O) groups is 1. The van der Waals surface area contributed by atoms with Crippen LogP contribution in [0.5, 0.6) is 5.75 Å². The molecule has 28 heavy (non-hydrogen) atoms. The van der Waals surface area contributed by atoms with Crippen molar-refractivity contribution in [3.63, 3.8) is 0 Å². The van der Waals surface area contributed by atoms with E-state index in [0.717, 1.165) is 0 Å². The van der Waals surface area contributed by atoms with Gasteiger partial charge in [-0.25, -0.2) is 8.42 Å². The molecule has 0 fully saturated rings. The number of nitrogens with zero attached hydrogens (tertiary/aromatic N) is 3. The number of carbonyl (C=O) groups excluding carboxylic acids is 1. The second kappa shape index (κ2) is 8.49. The number of hydrogen-bond acceptors (Lipinski definition) is 6. The minimum absolute atomic E-state index is 0.0346. The minimum atomic E-state index is -3.96. The number of aromatic nitrogens is 2. The molecule has 0 unspecified atom stereocenters. The summed E-state index contributed by atoms with van der Waals surface area (Å²) in [7, 11) is -3.96. The SMILES string of the molecule is CCOc1ccccc1C(=O)Nc1ccc(S(=O)(=O)[N-]c2ncccn2)cc1. The van der Waals surface area contributed by atoms with E-state index in [9.17, 15) is 13.2 Å². The van der Waals surface area contributed by atoms with Gasteiger partial charge in [-0.05, 0) is 55.7 Å². The second-order valence-corrected chi connectivity index (χ2v) is 7.13. The third-order valence-corrected chi connectivity index (χ3v) is 4.87. The largest absolute Gasteiger partial charge is 0.493 e. The molecule has 1 aromatic heterocycles. The first kappa shape index (κ1) is 19.3. The quantitative estimate of drug-likeness (QED) is 0.653. The van der Waals surface area contributed by atoms with Gasteiger partial charge < -0.3 is 20.0 Å². The topological polar surface area (TPSA) is 112 Å². The van der Waals surface area contributed by atoms with Gasteiger partial charge in [-0.1, -0.05) is 18.2 Å². The van der Waals surface area contributed by atoms with E-state index in [-0.39, 0.29) is 16.8 Å². The van der Waals surface area contributed by atoms with Gasteiger partial charge in [0.25, 0.3) is 5.91 Å². The zero-order valence-corrected chi connectivity index (χ0v) is 15.8. The Labute approximate surface area is 162 Å². The van der Waals surface area contributed by atoms with Gasteiger partial charge in [0.05, 0.1) is 17.1 Å². The van der Waals surface area contributed by atoms with Crippen LogP contribution in [0.4, 0.5) is 11.6 Å². The highest BCUT2D eigenvalue weighted by molar-refractivity contribution is 7.94. The molecule has 0 saturated heterocycles. The molecule has 9 heteroatoms. The van der Waals surface area contributed by atoms with E-state index < -0.39 is 10.0 Å². The Hall–Kier alpha value is -3.46. The van der Waals surface area contributed by atoms with Gasteiger partial charge in [0.1, 0.15) is 5.75 Å². The molecule has 0 aliphatic rings. The summed E-state index contributed by atoms with van der Waals surface area (Å²) in [6.45, 7) is 2.27. The molecule has 0 atom stereocenters. The summed E-state index contributed by atoms with van der Waals surface area (Å²) in [6, 6.07) is 14.1. The van der Waals surface area contributed by atoms with Gasteiger partial charge in [-0.2, -0.15) is 0 Å². The third-order valence-electron chi connectivity index (χ3n) is 3.60. The Morgan fingerprint density at radius 2 is 1.71 bits per heavy atom. The summed E-state index contributed by atoms with van der Waals surface area (Å²) < 4.78 is 33.7. The maximum absolute atomic E-state index is 12.5. The molecule has 0 saturated carbocycles. The number of para-hydroxylation sites is 1. The van der Waals surface area contributed by atoms with Crippen LogP contribution < -0.4 is 10.1 Å². The Bertz CT molecular complexity index is 1050. The molecule has 0 spiro atoms. The number of nitrogens with one attached hydrogen (secondary N) is 1. The fraction of sp³-hybridized carbons (Fsp3) is 0.105. The number of anilines is 1. The van der Waals surface area contributed by atoms with E-state index in [1.807, 2.05) is 6.92 Å². The van der Waals surface area contributed by atoms with Crippen LogP contribution in [0.25, 0.3) is 4.72 Å². The molecule has 8 nitrogen and oxygen atoms in total. The molecule has 144 valence electrons. The van der Waals surface area contributed by atoms with Gasteiger partial charge in [-0.3, -0.25) is 9.52 Å². The van der Waals surface area contributed by atoms with Crippen molar-refractivity contribution >= 4 is 27.6 Å². The summed E-state index contributed by atoms with van der Waals surface area (Å²) >= 11 is 0. The predicted molar refractivity (Wildman–Crippen MR) is 104 cm³/mol. The van der Waals surface area contributed by atoms with Crippen molar-refractivity contribution in [2.45, 2.75) is 11.8 Å². The standard InChI is InChI=1S/C19H18N4O4S/c1-2-27-17-7-4-3-6-16(17)18(24)22-14-8-10-15(11-9-14)28(25,26)23-19-20-12-5-13-21-19/h3-13H,2H2,1H3,(H2,20,21,22,23,24)/p-1. The normalized spacial score (nSPS) is 10.9. The van der Waals surface area contributed by atoms with Crippen molar-refractivity contribution < 1.29 is 17.9 Å². The maximum Gasteiger partial charge on any atom is 0.259 e. The van der Waals surface area contributed by atoms with E-state index in [1.54, 1.807) is 30.3 Å². The van der Waals surface area contributed by atoms with Crippen molar-refractivity contribution in [3.8, 4) is 5.75 Å². The van der Waals surface area contributed by atoms with E-state index in [2.05, 4.69) is 20.0 Å². The van der Waals surface area contributed by atoms with E-state index in [4.69, 9.17) is 4.74 Å². The summed E-state index contributed by atoms with van der Waals surface area (Å²) in [6.07, 6.45) is 2.81. The second-order valence-electron chi connectivity index (χ2n) is 5.52. The number of hydrogen-bond donors (Lipinski definition) is 1. The van der Waals surface area contributed by atoms with Crippen molar-refractivity contribution in [3.05, 3.63) is 77.3 Å². The lowest BCUT2D eigenvalue weighted by molar-refractivity contribution is 0.102. The maximum atomic E-state index is 12.5. The average Bonchev–Trinajstić information content (AvgIpc) is 2.69. The highest BCUT2D eigenvalue weighted by Crippen LogP contribution is 2.25. The molecule has 3 rings (SSSR count). The van der Waals surface area contributed by atoms with E-state index in [0.29, 0.717) is 23.6 Å². The lowest BCUT2D eigenvalue weighted by Crippen LogP contribution is -2.13. The number of sulfonamides is 1. The zero-order chi connectivity index (χ0) is 20.0. The third kappa shape index (κ3) is 4.63. The van der Waals surface area contributed by atoms with E-state index in [1.165, 1.54) is 36.7 Å². The molecule has 1 heterocycles. The fourth-order valence-electron chi connectivity index (χ4n) is 2.34. The molecule has 3 aromatic rings.